The Balaban J connectivity index is 1.59. The summed E-state index contributed by atoms with van der Waals surface area (Å²) in [5.41, 5.74) is 3.35. The van der Waals surface area contributed by atoms with E-state index in [9.17, 15) is 9.59 Å². The lowest BCUT2D eigenvalue weighted by Crippen LogP contribution is -2.25. The van der Waals surface area contributed by atoms with Crippen LogP contribution in [0.5, 0.6) is 17.2 Å². The van der Waals surface area contributed by atoms with Crippen LogP contribution in [0.1, 0.15) is 48.1 Å². The molecule has 2 amide bonds. The van der Waals surface area contributed by atoms with Gasteiger partial charge in [-0.05, 0) is 63.9 Å². The Kier molecular flexibility index (Phi) is 10.8. The Hall–Kier alpha value is -4.10. The molecule has 222 valence electrons. The van der Waals surface area contributed by atoms with Crippen LogP contribution in [0.3, 0.4) is 0 Å². The number of nitrogens with one attached hydrogen (secondary N) is 2. The van der Waals surface area contributed by atoms with E-state index in [-0.39, 0.29) is 24.1 Å². The van der Waals surface area contributed by atoms with Crippen molar-refractivity contribution in [2.45, 2.75) is 46.3 Å². The largest absolute Gasteiger partial charge is 0.490 e. The van der Waals surface area contributed by atoms with Crippen molar-refractivity contribution in [3.63, 3.8) is 0 Å². The number of anilines is 1. The molecule has 0 spiro atoms. The lowest BCUT2D eigenvalue weighted by Gasteiger charge is -2.17. The average Bonchev–Trinajstić information content (AvgIpc) is 3.63. The number of thiazole rings is 1. The number of carbonyl (C=O) groups excluding carboxylic acids is 2. The second-order valence-electron chi connectivity index (χ2n) is 8.91. The van der Waals surface area contributed by atoms with Gasteiger partial charge >= 0.3 is 0 Å². The van der Waals surface area contributed by atoms with Crippen molar-refractivity contribution in [1.29, 1.82) is 0 Å². The van der Waals surface area contributed by atoms with Crippen LogP contribution in [0.2, 0.25) is 0 Å². The molecule has 4 rings (SSSR count). The minimum absolute atomic E-state index is 0.0895. The van der Waals surface area contributed by atoms with E-state index in [1.165, 1.54) is 23.1 Å². The first-order valence-electron chi connectivity index (χ1n) is 13.5. The number of hydrogen-bond acceptors (Lipinski definition) is 10. The fraction of sp³-hybridized carbons (Fsp3) is 0.345. The molecule has 0 unspecified atom stereocenters. The predicted octanol–water partition coefficient (Wildman–Crippen LogP) is 5.20. The van der Waals surface area contributed by atoms with Crippen molar-refractivity contribution in [3.05, 3.63) is 64.4 Å². The van der Waals surface area contributed by atoms with E-state index in [2.05, 4.69) is 25.8 Å². The minimum atomic E-state index is -0.340. The molecule has 2 aromatic heterocycles. The highest BCUT2D eigenvalue weighted by Gasteiger charge is 2.21. The van der Waals surface area contributed by atoms with Crippen LogP contribution in [0.4, 0.5) is 5.13 Å². The van der Waals surface area contributed by atoms with Crippen molar-refractivity contribution in [3.8, 4) is 22.9 Å². The zero-order chi connectivity index (χ0) is 30.1. The zero-order valence-corrected chi connectivity index (χ0v) is 25.9. The first-order chi connectivity index (χ1) is 20.4. The molecule has 0 bridgehead atoms. The number of aromatic nitrogens is 4. The third-order valence-electron chi connectivity index (χ3n) is 6.11. The van der Waals surface area contributed by atoms with E-state index in [1.54, 1.807) is 23.7 Å². The number of ether oxygens (including phenoxy) is 3. The molecule has 0 aliphatic carbocycles. The van der Waals surface area contributed by atoms with E-state index in [4.69, 9.17) is 14.2 Å². The average molecular weight is 611 g/mol. The first kappa shape index (κ1) is 30.8. The van der Waals surface area contributed by atoms with Crippen molar-refractivity contribution < 1.29 is 23.8 Å². The summed E-state index contributed by atoms with van der Waals surface area (Å²) in [5.74, 6) is 1.42. The summed E-state index contributed by atoms with van der Waals surface area (Å²) in [7, 11) is 0. The molecule has 42 heavy (non-hydrogen) atoms. The summed E-state index contributed by atoms with van der Waals surface area (Å²) in [6.07, 6.45) is 1.63. The number of amides is 2. The number of aryl methyl sites for hydroxylation is 1. The fourth-order valence-corrected chi connectivity index (χ4v) is 5.39. The summed E-state index contributed by atoms with van der Waals surface area (Å²) in [6, 6.07) is 9.23. The Bertz CT molecular complexity index is 1500. The van der Waals surface area contributed by atoms with E-state index < -0.39 is 0 Å². The van der Waals surface area contributed by atoms with E-state index >= 15 is 0 Å². The van der Waals surface area contributed by atoms with Gasteiger partial charge in [0.2, 0.25) is 11.7 Å². The van der Waals surface area contributed by atoms with Crippen molar-refractivity contribution >= 4 is 40.0 Å². The predicted molar refractivity (Wildman–Crippen MR) is 163 cm³/mol. The van der Waals surface area contributed by atoms with Crippen LogP contribution in [0.15, 0.2) is 47.1 Å². The molecule has 0 aliphatic rings. The van der Waals surface area contributed by atoms with Crippen molar-refractivity contribution in [2.75, 3.05) is 30.9 Å². The normalized spacial score (nSPS) is 10.8. The lowest BCUT2D eigenvalue weighted by atomic mass is 10.1. The van der Waals surface area contributed by atoms with Gasteiger partial charge in [-0.25, -0.2) is 4.98 Å². The van der Waals surface area contributed by atoms with Gasteiger partial charge in [0.05, 0.1) is 37.8 Å². The van der Waals surface area contributed by atoms with Gasteiger partial charge in [0, 0.05) is 17.1 Å². The maximum atomic E-state index is 13.4. The summed E-state index contributed by atoms with van der Waals surface area (Å²) < 4.78 is 19.2. The third kappa shape index (κ3) is 7.39. The van der Waals surface area contributed by atoms with E-state index in [1.807, 2.05) is 57.4 Å². The van der Waals surface area contributed by atoms with Crippen LogP contribution < -0.4 is 24.8 Å². The molecule has 0 saturated carbocycles. The molecule has 4 aromatic rings. The van der Waals surface area contributed by atoms with Gasteiger partial charge in [-0.15, -0.1) is 21.5 Å². The number of benzene rings is 2. The Labute approximate surface area is 253 Å². The number of rotatable bonds is 14. The van der Waals surface area contributed by atoms with Gasteiger partial charge < -0.3 is 24.8 Å². The maximum absolute atomic E-state index is 13.4. The van der Waals surface area contributed by atoms with E-state index in [0.717, 1.165) is 16.8 Å². The van der Waals surface area contributed by atoms with Gasteiger partial charge in [-0.2, -0.15) is 0 Å². The third-order valence-corrected chi connectivity index (χ3v) is 7.72. The number of hydrogen-bond donors (Lipinski definition) is 2. The quantitative estimate of drug-likeness (QED) is 0.185. The topological polar surface area (TPSA) is 129 Å². The van der Waals surface area contributed by atoms with Crippen LogP contribution in [-0.2, 0) is 11.3 Å². The summed E-state index contributed by atoms with van der Waals surface area (Å²) in [5, 5.41) is 17.3. The molecule has 0 radical (unpaired) electrons. The van der Waals surface area contributed by atoms with Gasteiger partial charge in [-0.3, -0.25) is 14.2 Å². The first-order valence-corrected chi connectivity index (χ1v) is 15.4. The highest BCUT2D eigenvalue weighted by atomic mass is 32.2. The monoisotopic (exact) mass is 610 g/mol. The smallest absolute Gasteiger partial charge is 0.251 e. The molecular formula is C29H34N6O5S2. The summed E-state index contributed by atoms with van der Waals surface area (Å²) in [6.45, 7) is 11.0. The van der Waals surface area contributed by atoms with Gasteiger partial charge in [0.25, 0.3) is 5.91 Å². The van der Waals surface area contributed by atoms with Crippen LogP contribution in [0.25, 0.3) is 5.69 Å². The highest BCUT2D eigenvalue weighted by Crippen LogP contribution is 2.39. The molecule has 0 saturated heterocycles. The number of thioether (sulfide) groups is 1. The number of carbonyl (C=O) groups is 2. The van der Waals surface area contributed by atoms with Gasteiger partial charge in [0.15, 0.2) is 27.6 Å². The standard InChI is InChI=1S/C29H34N6O5S2/c1-6-38-22-14-20(15-23(39-7-2)26(22)40-8-3)27(37)31-16-24-33-34-29(35(24)21-11-9-10-18(4)19(21)5)42-17-25(36)32-28-30-12-13-41-28/h9-15H,6-8,16-17H2,1-5H3,(H,31,37)(H,30,32,36). The Morgan fingerprint density at radius 1 is 1.00 bits per heavy atom. The molecule has 11 nitrogen and oxygen atoms in total. The molecular weight excluding hydrogens is 576 g/mol. The van der Waals surface area contributed by atoms with Gasteiger partial charge in [0.1, 0.15) is 0 Å². The molecule has 0 atom stereocenters. The maximum Gasteiger partial charge on any atom is 0.251 e. The zero-order valence-electron chi connectivity index (χ0n) is 24.2. The summed E-state index contributed by atoms with van der Waals surface area (Å²) >= 11 is 2.60. The van der Waals surface area contributed by atoms with Crippen molar-refractivity contribution in [2.24, 2.45) is 0 Å². The van der Waals surface area contributed by atoms with Crippen LogP contribution in [0, 0.1) is 13.8 Å². The molecule has 2 N–H and O–H groups in total. The Morgan fingerprint density at radius 2 is 1.71 bits per heavy atom. The SMILES string of the molecule is CCOc1cc(C(=O)NCc2nnc(SCC(=O)Nc3nccs3)n2-c2cccc(C)c2C)cc(OCC)c1OCC. The summed E-state index contributed by atoms with van der Waals surface area (Å²) in [4.78, 5) is 30.0. The Morgan fingerprint density at radius 3 is 2.36 bits per heavy atom. The lowest BCUT2D eigenvalue weighted by molar-refractivity contribution is -0.113. The molecule has 0 fully saturated rings. The number of nitrogens with zero attached hydrogens (tertiary/aromatic N) is 4. The fourth-order valence-electron chi connectivity index (χ4n) is 4.08. The molecule has 2 aromatic carbocycles. The minimum Gasteiger partial charge on any atom is -0.490 e. The second kappa shape index (κ2) is 14.7. The van der Waals surface area contributed by atoms with Crippen LogP contribution >= 0.6 is 23.1 Å². The molecule has 0 aliphatic heterocycles. The second-order valence-corrected chi connectivity index (χ2v) is 10.7. The van der Waals surface area contributed by atoms with Crippen molar-refractivity contribution in [1.82, 2.24) is 25.1 Å². The van der Waals surface area contributed by atoms with Crippen LogP contribution in [-0.4, -0.2) is 57.1 Å². The molecule has 13 heteroatoms. The highest BCUT2D eigenvalue weighted by molar-refractivity contribution is 7.99. The van der Waals surface area contributed by atoms with Gasteiger partial charge in [-0.1, -0.05) is 23.9 Å². The van der Waals surface area contributed by atoms with E-state index in [0.29, 0.717) is 58.7 Å². The molecule has 2 heterocycles.